The van der Waals surface area contributed by atoms with Crippen LogP contribution in [0.2, 0.25) is 0 Å². The molecule has 0 amide bonds. The lowest BCUT2D eigenvalue weighted by atomic mass is 10.1. The highest BCUT2D eigenvalue weighted by molar-refractivity contribution is 4.75. The Kier molecular flexibility index (Phi) is 4.37. The molecule has 15 heavy (non-hydrogen) atoms. The van der Waals surface area contributed by atoms with Crippen LogP contribution in [0.1, 0.15) is 32.6 Å². The van der Waals surface area contributed by atoms with Crippen molar-refractivity contribution in [3.8, 4) is 0 Å². The second kappa shape index (κ2) is 5.14. The fourth-order valence-electron chi connectivity index (χ4n) is 1.81. The first-order valence-electron chi connectivity index (χ1n) is 5.38. The van der Waals surface area contributed by atoms with E-state index >= 15 is 0 Å². The van der Waals surface area contributed by atoms with Gasteiger partial charge in [0.25, 0.3) is 0 Å². The van der Waals surface area contributed by atoms with Crippen molar-refractivity contribution in [1.29, 1.82) is 0 Å². The molecule has 0 aliphatic carbocycles. The quantitative estimate of drug-likeness (QED) is 0.516. The van der Waals surface area contributed by atoms with Crippen molar-refractivity contribution in [3.05, 3.63) is 0 Å². The van der Waals surface area contributed by atoms with Gasteiger partial charge in [0.15, 0.2) is 6.30 Å². The van der Waals surface area contributed by atoms with Gasteiger partial charge in [0, 0.05) is 13.1 Å². The SMILES string of the molecule is CC(C(F)N1CCCCCC1)C(F)(F)F. The summed E-state index contributed by atoms with van der Waals surface area (Å²) in [6.07, 6.45) is -2.75. The van der Waals surface area contributed by atoms with E-state index < -0.39 is 18.4 Å². The Morgan fingerprint density at radius 1 is 1.00 bits per heavy atom. The van der Waals surface area contributed by atoms with E-state index in [0.29, 0.717) is 13.1 Å². The van der Waals surface area contributed by atoms with Gasteiger partial charge in [0.2, 0.25) is 0 Å². The smallest absolute Gasteiger partial charge is 0.273 e. The molecule has 0 saturated carbocycles. The first-order chi connectivity index (χ1) is 6.93. The molecular weight excluding hydrogens is 210 g/mol. The van der Waals surface area contributed by atoms with Crippen molar-refractivity contribution in [3.63, 3.8) is 0 Å². The van der Waals surface area contributed by atoms with Gasteiger partial charge in [-0.05, 0) is 19.8 Å². The fourth-order valence-corrected chi connectivity index (χ4v) is 1.81. The predicted octanol–water partition coefficient (Wildman–Crippen LogP) is 3.36. The van der Waals surface area contributed by atoms with Gasteiger partial charge in [-0.15, -0.1) is 0 Å². The molecule has 1 fully saturated rings. The molecule has 1 rings (SSSR count). The highest BCUT2D eigenvalue weighted by atomic mass is 19.4. The second-order valence-corrected chi connectivity index (χ2v) is 4.15. The number of hydrogen-bond donors (Lipinski definition) is 0. The molecule has 1 nitrogen and oxygen atoms in total. The number of likely N-dealkylation sites (tertiary alicyclic amines) is 1. The first-order valence-corrected chi connectivity index (χ1v) is 5.38. The molecular formula is C10H17F4N. The lowest BCUT2D eigenvalue weighted by Crippen LogP contribution is -2.42. The van der Waals surface area contributed by atoms with Crippen molar-refractivity contribution in [1.82, 2.24) is 4.90 Å². The zero-order chi connectivity index (χ0) is 11.5. The second-order valence-electron chi connectivity index (χ2n) is 4.15. The predicted molar refractivity (Wildman–Crippen MR) is 50.2 cm³/mol. The van der Waals surface area contributed by atoms with Gasteiger partial charge in [-0.1, -0.05) is 12.8 Å². The highest BCUT2D eigenvalue weighted by Gasteiger charge is 2.43. The molecule has 1 aliphatic heterocycles. The topological polar surface area (TPSA) is 3.24 Å². The Bertz CT molecular complexity index is 184. The van der Waals surface area contributed by atoms with E-state index in [1.54, 1.807) is 0 Å². The minimum Gasteiger partial charge on any atom is -0.273 e. The summed E-state index contributed by atoms with van der Waals surface area (Å²) in [5.41, 5.74) is 0. The van der Waals surface area contributed by atoms with Crippen LogP contribution >= 0.6 is 0 Å². The fraction of sp³-hybridized carbons (Fsp3) is 1.00. The van der Waals surface area contributed by atoms with E-state index in [9.17, 15) is 17.6 Å². The minimum absolute atomic E-state index is 0.446. The molecule has 2 atom stereocenters. The third-order valence-corrected chi connectivity index (χ3v) is 2.92. The number of alkyl halides is 4. The molecule has 0 spiro atoms. The van der Waals surface area contributed by atoms with Gasteiger partial charge in [0.05, 0.1) is 5.92 Å². The standard InChI is InChI=1S/C10H17F4N/c1-8(10(12,13)14)9(11)15-6-4-2-3-5-7-15/h8-9H,2-7H2,1H3. The van der Waals surface area contributed by atoms with Gasteiger partial charge < -0.3 is 0 Å². The average molecular weight is 227 g/mol. The minimum atomic E-state index is -4.44. The normalized spacial score (nSPS) is 24.6. The summed E-state index contributed by atoms with van der Waals surface area (Å²) in [6.45, 7) is 1.80. The number of halogens is 4. The molecule has 0 aromatic heterocycles. The Labute approximate surface area is 87.4 Å². The lowest BCUT2D eigenvalue weighted by molar-refractivity contribution is -0.202. The van der Waals surface area contributed by atoms with E-state index in [-0.39, 0.29) is 0 Å². The van der Waals surface area contributed by atoms with Crippen LogP contribution < -0.4 is 0 Å². The molecule has 0 aromatic carbocycles. The number of hydrogen-bond acceptors (Lipinski definition) is 1. The Morgan fingerprint density at radius 2 is 1.47 bits per heavy atom. The maximum absolute atomic E-state index is 13.6. The van der Waals surface area contributed by atoms with E-state index in [4.69, 9.17) is 0 Å². The van der Waals surface area contributed by atoms with Crippen LogP contribution in [-0.4, -0.2) is 30.5 Å². The third-order valence-electron chi connectivity index (χ3n) is 2.92. The largest absolute Gasteiger partial charge is 0.395 e. The third kappa shape index (κ3) is 3.63. The van der Waals surface area contributed by atoms with E-state index in [2.05, 4.69) is 0 Å². The molecule has 0 aromatic rings. The van der Waals surface area contributed by atoms with Gasteiger partial charge in [-0.25, -0.2) is 4.39 Å². The van der Waals surface area contributed by atoms with Gasteiger partial charge in [-0.3, -0.25) is 4.90 Å². The Morgan fingerprint density at radius 3 is 1.87 bits per heavy atom. The van der Waals surface area contributed by atoms with Crippen LogP contribution in [0.3, 0.4) is 0 Å². The summed E-state index contributed by atoms with van der Waals surface area (Å²) >= 11 is 0. The summed E-state index contributed by atoms with van der Waals surface area (Å²) in [7, 11) is 0. The maximum atomic E-state index is 13.6. The van der Waals surface area contributed by atoms with Crippen LogP contribution in [0.15, 0.2) is 0 Å². The van der Waals surface area contributed by atoms with Crippen molar-refractivity contribution >= 4 is 0 Å². The summed E-state index contributed by atoms with van der Waals surface area (Å²) < 4.78 is 50.4. The van der Waals surface area contributed by atoms with E-state index in [1.807, 2.05) is 0 Å². The van der Waals surface area contributed by atoms with Crippen molar-refractivity contribution in [2.75, 3.05) is 13.1 Å². The highest BCUT2D eigenvalue weighted by Crippen LogP contribution is 2.32. The summed E-state index contributed by atoms with van der Waals surface area (Å²) in [6, 6.07) is 0. The van der Waals surface area contributed by atoms with Gasteiger partial charge in [0.1, 0.15) is 0 Å². The van der Waals surface area contributed by atoms with Crippen LogP contribution in [-0.2, 0) is 0 Å². The molecule has 1 saturated heterocycles. The zero-order valence-electron chi connectivity index (χ0n) is 8.86. The Hall–Kier alpha value is -0.320. The van der Waals surface area contributed by atoms with Crippen LogP contribution in [0.25, 0.3) is 0 Å². The van der Waals surface area contributed by atoms with Gasteiger partial charge >= 0.3 is 6.18 Å². The van der Waals surface area contributed by atoms with Crippen LogP contribution in [0.4, 0.5) is 17.6 Å². The first kappa shape index (κ1) is 12.7. The van der Waals surface area contributed by atoms with Gasteiger partial charge in [-0.2, -0.15) is 13.2 Å². The van der Waals surface area contributed by atoms with Crippen LogP contribution in [0, 0.1) is 5.92 Å². The van der Waals surface area contributed by atoms with Crippen molar-refractivity contribution < 1.29 is 17.6 Å². The Balaban J connectivity index is 2.53. The molecule has 1 aliphatic rings. The molecule has 1 heterocycles. The summed E-state index contributed by atoms with van der Waals surface area (Å²) in [4.78, 5) is 1.32. The average Bonchev–Trinajstić information content (AvgIpc) is 2.42. The molecule has 5 heteroatoms. The maximum Gasteiger partial charge on any atom is 0.395 e. The number of rotatable bonds is 2. The van der Waals surface area contributed by atoms with E-state index in [1.165, 1.54) is 4.90 Å². The van der Waals surface area contributed by atoms with Crippen molar-refractivity contribution in [2.45, 2.75) is 45.1 Å². The van der Waals surface area contributed by atoms with Crippen LogP contribution in [0.5, 0.6) is 0 Å². The number of nitrogens with zero attached hydrogens (tertiary/aromatic N) is 1. The lowest BCUT2D eigenvalue weighted by Gasteiger charge is -2.29. The molecule has 0 bridgehead atoms. The summed E-state index contributed by atoms with van der Waals surface area (Å²) in [5, 5.41) is 0. The monoisotopic (exact) mass is 227 g/mol. The van der Waals surface area contributed by atoms with Crippen molar-refractivity contribution in [2.24, 2.45) is 5.92 Å². The summed E-state index contributed by atoms with van der Waals surface area (Å²) in [5.74, 6) is -1.89. The molecule has 90 valence electrons. The molecule has 0 N–H and O–H groups in total. The molecule has 2 unspecified atom stereocenters. The molecule has 0 radical (unpaired) electrons. The zero-order valence-corrected chi connectivity index (χ0v) is 8.86. The van der Waals surface area contributed by atoms with E-state index in [0.717, 1.165) is 32.6 Å².